The van der Waals surface area contributed by atoms with Crippen LogP contribution in [0.25, 0.3) is 22.3 Å². The summed E-state index contributed by atoms with van der Waals surface area (Å²) in [4.78, 5) is 50.7. The van der Waals surface area contributed by atoms with E-state index < -0.39 is 0 Å². The van der Waals surface area contributed by atoms with Gasteiger partial charge in [-0.1, -0.05) is 72.8 Å². The van der Waals surface area contributed by atoms with Gasteiger partial charge in [-0.2, -0.15) is 0 Å². The van der Waals surface area contributed by atoms with E-state index in [1.54, 1.807) is 38.1 Å². The Balaban J connectivity index is 1.14. The van der Waals surface area contributed by atoms with Gasteiger partial charge in [-0.25, -0.2) is 0 Å². The minimum atomic E-state index is -0.122. The minimum Gasteiger partial charge on any atom is -0.295 e. The number of rotatable bonds is 6. The van der Waals surface area contributed by atoms with E-state index in [4.69, 9.17) is 0 Å². The summed E-state index contributed by atoms with van der Waals surface area (Å²) in [6, 6.07) is 29.8. The van der Waals surface area contributed by atoms with Gasteiger partial charge in [0.2, 0.25) is 0 Å². The van der Waals surface area contributed by atoms with Gasteiger partial charge in [0.1, 0.15) is 0 Å². The fraction of sp³-hybridized carbons (Fsp3) is 0.105. The summed E-state index contributed by atoms with van der Waals surface area (Å²) in [6.45, 7) is 3.11. The third kappa shape index (κ3) is 4.24. The molecule has 2 aliphatic carbocycles. The monoisotopic (exact) mass is 546 g/mol. The molecule has 4 heteroatoms. The molecule has 0 N–H and O–H groups in total. The fourth-order valence-electron chi connectivity index (χ4n) is 6.16. The maximum atomic E-state index is 13.4. The number of hydrogen-bond acceptors (Lipinski definition) is 4. The fourth-order valence-corrected chi connectivity index (χ4v) is 6.16. The van der Waals surface area contributed by atoms with Crippen LogP contribution in [-0.2, 0) is 12.8 Å². The quantitative estimate of drug-likeness (QED) is 0.201. The molecule has 0 aliphatic heterocycles. The summed E-state index contributed by atoms with van der Waals surface area (Å²) in [7, 11) is 0. The summed E-state index contributed by atoms with van der Waals surface area (Å²) < 4.78 is 0. The van der Waals surface area contributed by atoms with Gasteiger partial charge in [0.25, 0.3) is 0 Å². The third-order valence-electron chi connectivity index (χ3n) is 8.53. The highest BCUT2D eigenvalue weighted by atomic mass is 16.1. The lowest BCUT2D eigenvalue weighted by Gasteiger charge is -2.08. The average molecular weight is 547 g/mol. The van der Waals surface area contributed by atoms with E-state index in [9.17, 15) is 19.2 Å². The molecule has 42 heavy (non-hydrogen) atoms. The molecular formula is C38H26O4. The Labute approximate surface area is 243 Å². The lowest BCUT2D eigenvalue weighted by atomic mass is 9.94. The first-order chi connectivity index (χ1) is 20.3. The van der Waals surface area contributed by atoms with E-state index in [2.05, 4.69) is 0 Å². The predicted octanol–water partition coefficient (Wildman–Crippen LogP) is 7.70. The summed E-state index contributed by atoms with van der Waals surface area (Å²) in [5, 5.41) is 0. The topological polar surface area (TPSA) is 68.3 Å². The first kappa shape index (κ1) is 25.7. The molecule has 0 unspecified atom stereocenters. The first-order valence-corrected chi connectivity index (χ1v) is 14.0. The summed E-state index contributed by atoms with van der Waals surface area (Å²) in [5.74, 6) is -0.216. The van der Waals surface area contributed by atoms with Crippen molar-refractivity contribution in [2.45, 2.75) is 26.7 Å². The molecule has 0 aromatic heterocycles. The van der Waals surface area contributed by atoms with Gasteiger partial charge < -0.3 is 0 Å². The molecule has 0 radical (unpaired) electrons. The Morgan fingerprint density at radius 1 is 0.381 bits per heavy atom. The van der Waals surface area contributed by atoms with Crippen molar-refractivity contribution >= 4 is 23.1 Å². The van der Waals surface area contributed by atoms with Crippen LogP contribution in [0.4, 0.5) is 0 Å². The summed E-state index contributed by atoms with van der Waals surface area (Å²) in [6.07, 6.45) is 1.56. The van der Waals surface area contributed by atoms with Gasteiger partial charge in [-0.05, 0) is 95.5 Å². The van der Waals surface area contributed by atoms with Crippen LogP contribution < -0.4 is 0 Å². The molecule has 5 aromatic rings. The molecule has 5 aromatic carbocycles. The Hall–Kier alpha value is -5.22. The minimum absolute atomic E-state index is 0.0138. The van der Waals surface area contributed by atoms with Crippen molar-refractivity contribution < 1.29 is 19.2 Å². The lowest BCUT2D eigenvalue weighted by Crippen LogP contribution is -2.05. The molecule has 0 bridgehead atoms. The average Bonchev–Trinajstić information content (AvgIpc) is 3.56. The van der Waals surface area contributed by atoms with Gasteiger partial charge in [0.15, 0.2) is 23.1 Å². The highest BCUT2D eigenvalue weighted by Gasteiger charge is 2.23. The maximum Gasteiger partial charge on any atom is 0.193 e. The number of carbonyl (C=O) groups is 4. The first-order valence-electron chi connectivity index (χ1n) is 14.0. The van der Waals surface area contributed by atoms with Crippen LogP contribution in [-0.4, -0.2) is 23.1 Å². The van der Waals surface area contributed by atoms with Gasteiger partial charge in [0.05, 0.1) is 0 Å². The second-order valence-electron chi connectivity index (χ2n) is 11.2. The van der Waals surface area contributed by atoms with Crippen molar-refractivity contribution in [3.8, 4) is 22.3 Å². The van der Waals surface area contributed by atoms with Crippen LogP contribution in [0.15, 0.2) is 97.1 Å². The van der Waals surface area contributed by atoms with Gasteiger partial charge in [-0.15, -0.1) is 0 Å². The van der Waals surface area contributed by atoms with Gasteiger partial charge in [-0.3, -0.25) is 19.2 Å². The number of benzene rings is 5. The van der Waals surface area contributed by atoms with E-state index in [-0.39, 0.29) is 23.1 Å². The van der Waals surface area contributed by atoms with Crippen LogP contribution in [0.3, 0.4) is 0 Å². The zero-order valence-corrected chi connectivity index (χ0v) is 23.3. The van der Waals surface area contributed by atoms with E-state index in [0.717, 1.165) is 57.3 Å². The molecule has 0 fully saturated rings. The molecule has 0 heterocycles. The number of Topliss-reactive ketones (excluding diaryl/α,β-unsaturated/α-hetero) is 2. The van der Waals surface area contributed by atoms with Crippen LogP contribution >= 0.6 is 0 Å². The highest BCUT2D eigenvalue weighted by Crippen LogP contribution is 2.39. The summed E-state index contributed by atoms with van der Waals surface area (Å²) >= 11 is 0. The Kier molecular flexibility index (Phi) is 5.95. The number of ketones is 4. The normalized spacial score (nSPS) is 12.2. The van der Waals surface area contributed by atoms with Crippen molar-refractivity contribution in [2.75, 3.05) is 0 Å². The summed E-state index contributed by atoms with van der Waals surface area (Å²) in [5.41, 5.74) is 12.0. The lowest BCUT2D eigenvalue weighted by molar-refractivity contribution is 0.100. The Bertz CT molecular complexity index is 1860. The third-order valence-corrected chi connectivity index (χ3v) is 8.53. The molecule has 0 spiro atoms. The zero-order chi connectivity index (χ0) is 29.1. The van der Waals surface area contributed by atoms with Crippen LogP contribution in [0.5, 0.6) is 0 Å². The van der Waals surface area contributed by atoms with Crippen LogP contribution in [0.1, 0.15) is 88.7 Å². The van der Waals surface area contributed by atoms with Crippen LogP contribution in [0, 0.1) is 0 Å². The maximum absolute atomic E-state index is 13.4. The SMILES string of the molecule is CC(=O)c1ccc2c(c1)-c1cc(C(=O)c3ccc(C(=O)c4ccc5c(c4)-c4cc(C(C)=O)ccc4C5)cc3)ccc1C2. The number of carbonyl (C=O) groups excluding carboxylic acids is 4. The molecule has 2 aliphatic rings. The molecular weight excluding hydrogens is 520 g/mol. The van der Waals surface area contributed by atoms with Crippen molar-refractivity contribution in [3.63, 3.8) is 0 Å². The van der Waals surface area contributed by atoms with Gasteiger partial charge in [0, 0.05) is 33.4 Å². The van der Waals surface area contributed by atoms with Crippen molar-refractivity contribution in [1.29, 1.82) is 0 Å². The number of hydrogen-bond donors (Lipinski definition) is 0. The smallest absolute Gasteiger partial charge is 0.193 e. The number of fused-ring (bicyclic) bond motifs is 6. The molecule has 202 valence electrons. The van der Waals surface area contributed by atoms with E-state index in [1.165, 1.54) is 0 Å². The Morgan fingerprint density at radius 3 is 0.952 bits per heavy atom. The molecule has 4 nitrogen and oxygen atoms in total. The molecule has 0 atom stereocenters. The Morgan fingerprint density at radius 2 is 0.643 bits per heavy atom. The predicted molar refractivity (Wildman–Crippen MR) is 163 cm³/mol. The standard InChI is InChI=1S/C38H26O4/c1-21(39)25-7-9-27-15-29-11-13-31(19-35(29)33(27)17-25)37(41)23-3-5-24(6-4-23)38(42)32-14-12-30-16-28-10-8-26(22(2)40)18-34(28)36(30)20-32/h3-14,17-20H,15-16H2,1-2H3. The second-order valence-corrected chi connectivity index (χ2v) is 11.2. The van der Waals surface area contributed by atoms with Crippen molar-refractivity contribution in [2.24, 2.45) is 0 Å². The van der Waals surface area contributed by atoms with E-state index in [0.29, 0.717) is 33.4 Å². The zero-order valence-electron chi connectivity index (χ0n) is 23.3. The molecule has 7 rings (SSSR count). The van der Waals surface area contributed by atoms with Crippen LogP contribution in [0.2, 0.25) is 0 Å². The van der Waals surface area contributed by atoms with Crippen molar-refractivity contribution in [1.82, 2.24) is 0 Å². The largest absolute Gasteiger partial charge is 0.295 e. The van der Waals surface area contributed by atoms with Crippen molar-refractivity contribution in [3.05, 3.63) is 153 Å². The molecule has 0 saturated carbocycles. The second kappa shape index (κ2) is 9.71. The molecule has 0 amide bonds. The molecule has 0 saturated heterocycles. The van der Waals surface area contributed by atoms with Gasteiger partial charge >= 0.3 is 0 Å². The van der Waals surface area contributed by atoms with E-state index >= 15 is 0 Å². The highest BCUT2D eigenvalue weighted by molar-refractivity contribution is 6.12. The van der Waals surface area contributed by atoms with E-state index in [1.807, 2.05) is 72.8 Å².